The van der Waals surface area contributed by atoms with Crippen LogP contribution in [-0.4, -0.2) is 17.1 Å². The maximum atomic E-state index is 5.31. The number of aromatic nitrogens is 2. The Hall–Kier alpha value is -1.97. The number of H-pyrrole nitrogens is 1. The molecule has 1 heterocycles. The van der Waals surface area contributed by atoms with E-state index in [0.717, 1.165) is 23.0 Å². The summed E-state index contributed by atoms with van der Waals surface area (Å²) in [4.78, 5) is 7.35. The third-order valence-corrected chi connectivity index (χ3v) is 2.58. The van der Waals surface area contributed by atoms with E-state index >= 15 is 0 Å². The van der Waals surface area contributed by atoms with Crippen LogP contribution in [0, 0.1) is 13.8 Å². The Morgan fingerprint density at radius 3 is 2.82 bits per heavy atom. The summed E-state index contributed by atoms with van der Waals surface area (Å²) in [5.74, 6) is 1.78. The van der Waals surface area contributed by atoms with Gasteiger partial charge in [-0.1, -0.05) is 6.07 Å². The van der Waals surface area contributed by atoms with Gasteiger partial charge in [0.05, 0.1) is 31.2 Å². The summed E-state index contributed by atoms with van der Waals surface area (Å²) in [5, 5.41) is 3.34. The van der Waals surface area contributed by atoms with Crippen LogP contribution < -0.4 is 10.1 Å². The van der Waals surface area contributed by atoms with E-state index in [-0.39, 0.29) is 0 Å². The van der Waals surface area contributed by atoms with Crippen molar-refractivity contribution in [3.05, 3.63) is 41.5 Å². The standard InChI is InChI=1S/C13H17N3O/c1-9-4-5-13(17-3)12(6-9)15-8-11-7-14-10(2)16-11/h4-7,15H,8H2,1-3H3,(H,14,16). The first-order valence-corrected chi connectivity index (χ1v) is 5.58. The Bertz CT molecular complexity index is 505. The summed E-state index contributed by atoms with van der Waals surface area (Å²) >= 11 is 0. The number of imidazole rings is 1. The van der Waals surface area contributed by atoms with Crippen molar-refractivity contribution >= 4 is 5.69 Å². The highest BCUT2D eigenvalue weighted by atomic mass is 16.5. The zero-order chi connectivity index (χ0) is 12.3. The fourth-order valence-electron chi connectivity index (χ4n) is 1.71. The molecule has 2 aromatic rings. The molecule has 0 aliphatic heterocycles. The van der Waals surface area contributed by atoms with Gasteiger partial charge in [-0.3, -0.25) is 0 Å². The normalized spacial score (nSPS) is 10.3. The molecule has 17 heavy (non-hydrogen) atoms. The number of nitrogens with zero attached hydrogens (tertiary/aromatic N) is 1. The Kier molecular flexibility index (Phi) is 3.32. The zero-order valence-electron chi connectivity index (χ0n) is 10.4. The Morgan fingerprint density at radius 1 is 1.35 bits per heavy atom. The van der Waals surface area contributed by atoms with Crippen molar-refractivity contribution < 1.29 is 4.74 Å². The summed E-state index contributed by atoms with van der Waals surface area (Å²) in [6.45, 7) is 4.71. The molecule has 0 bridgehead atoms. The molecule has 1 aromatic carbocycles. The monoisotopic (exact) mass is 231 g/mol. The van der Waals surface area contributed by atoms with Crippen LogP contribution in [0.25, 0.3) is 0 Å². The topological polar surface area (TPSA) is 49.9 Å². The van der Waals surface area contributed by atoms with Gasteiger partial charge in [0.25, 0.3) is 0 Å². The molecule has 4 nitrogen and oxygen atoms in total. The molecule has 90 valence electrons. The zero-order valence-corrected chi connectivity index (χ0v) is 10.4. The first kappa shape index (κ1) is 11.5. The van der Waals surface area contributed by atoms with E-state index in [2.05, 4.69) is 28.3 Å². The van der Waals surface area contributed by atoms with Crippen LogP contribution in [0.3, 0.4) is 0 Å². The van der Waals surface area contributed by atoms with Gasteiger partial charge < -0.3 is 15.0 Å². The molecule has 0 unspecified atom stereocenters. The van der Waals surface area contributed by atoms with Crippen molar-refractivity contribution in [2.45, 2.75) is 20.4 Å². The molecule has 0 saturated carbocycles. The van der Waals surface area contributed by atoms with Crippen molar-refractivity contribution in [3.63, 3.8) is 0 Å². The molecular formula is C13H17N3O. The van der Waals surface area contributed by atoms with Crippen LogP contribution in [0.15, 0.2) is 24.4 Å². The van der Waals surface area contributed by atoms with E-state index in [1.165, 1.54) is 5.56 Å². The second-order valence-corrected chi connectivity index (χ2v) is 4.05. The van der Waals surface area contributed by atoms with E-state index in [1.807, 2.05) is 25.3 Å². The first-order chi connectivity index (χ1) is 8.19. The molecule has 2 N–H and O–H groups in total. The molecule has 0 atom stereocenters. The largest absolute Gasteiger partial charge is 0.495 e. The van der Waals surface area contributed by atoms with Crippen LogP contribution in [0.4, 0.5) is 5.69 Å². The highest BCUT2D eigenvalue weighted by Gasteiger charge is 2.03. The van der Waals surface area contributed by atoms with Crippen LogP contribution >= 0.6 is 0 Å². The van der Waals surface area contributed by atoms with Gasteiger partial charge in [-0.25, -0.2) is 4.98 Å². The number of aromatic amines is 1. The molecule has 0 aliphatic rings. The molecule has 0 spiro atoms. The van der Waals surface area contributed by atoms with Gasteiger partial charge in [0.1, 0.15) is 11.6 Å². The molecule has 0 fully saturated rings. The molecule has 0 amide bonds. The van der Waals surface area contributed by atoms with Gasteiger partial charge in [-0.2, -0.15) is 0 Å². The molecular weight excluding hydrogens is 214 g/mol. The SMILES string of the molecule is COc1ccc(C)cc1NCc1cnc(C)[nH]1. The van der Waals surface area contributed by atoms with Gasteiger partial charge >= 0.3 is 0 Å². The second kappa shape index (κ2) is 4.91. The summed E-state index contributed by atoms with van der Waals surface area (Å²) in [6.07, 6.45) is 1.84. The average molecular weight is 231 g/mol. The third kappa shape index (κ3) is 2.78. The molecule has 0 saturated heterocycles. The number of aryl methyl sites for hydroxylation is 2. The Balaban J connectivity index is 2.10. The minimum atomic E-state index is 0.709. The lowest BCUT2D eigenvalue weighted by molar-refractivity contribution is 0.416. The van der Waals surface area contributed by atoms with E-state index in [0.29, 0.717) is 6.54 Å². The number of methoxy groups -OCH3 is 1. The summed E-state index contributed by atoms with van der Waals surface area (Å²) < 4.78 is 5.31. The number of benzene rings is 1. The quantitative estimate of drug-likeness (QED) is 0.850. The number of rotatable bonds is 4. The van der Waals surface area contributed by atoms with Gasteiger partial charge in [0.15, 0.2) is 0 Å². The van der Waals surface area contributed by atoms with Gasteiger partial charge in [0.2, 0.25) is 0 Å². The van der Waals surface area contributed by atoms with Crippen molar-refractivity contribution in [1.29, 1.82) is 0 Å². The van der Waals surface area contributed by atoms with E-state index in [1.54, 1.807) is 7.11 Å². The average Bonchev–Trinajstić information content (AvgIpc) is 2.73. The van der Waals surface area contributed by atoms with Crippen molar-refractivity contribution in [2.75, 3.05) is 12.4 Å². The first-order valence-electron chi connectivity index (χ1n) is 5.58. The lowest BCUT2D eigenvalue weighted by Gasteiger charge is -2.11. The van der Waals surface area contributed by atoms with Crippen molar-refractivity contribution in [3.8, 4) is 5.75 Å². The Morgan fingerprint density at radius 2 is 2.18 bits per heavy atom. The number of ether oxygens (including phenoxy) is 1. The number of nitrogens with one attached hydrogen (secondary N) is 2. The van der Waals surface area contributed by atoms with Crippen LogP contribution in [0.2, 0.25) is 0 Å². The van der Waals surface area contributed by atoms with Crippen LogP contribution in [-0.2, 0) is 6.54 Å². The Labute approximate surface area is 101 Å². The maximum absolute atomic E-state index is 5.31. The molecule has 1 aromatic heterocycles. The molecule has 4 heteroatoms. The predicted molar refractivity (Wildman–Crippen MR) is 68.4 cm³/mol. The van der Waals surface area contributed by atoms with Crippen molar-refractivity contribution in [1.82, 2.24) is 9.97 Å². The maximum Gasteiger partial charge on any atom is 0.141 e. The fourth-order valence-corrected chi connectivity index (χ4v) is 1.71. The summed E-state index contributed by atoms with van der Waals surface area (Å²) in [7, 11) is 1.68. The lowest BCUT2D eigenvalue weighted by atomic mass is 10.2. The minimum Gasteiger partial charge on any atom is -0.495 e. The molecule has 0 radical (unpaired) electrons. The van der Waals surface area contributed by atoms with E-state index < -0.39 is 0 Å². The predicted octanol–water partition coefficient (Wildman–Crippen LogP) is 2.65. The number of anilines is 1. The minimum absolute atomic E-state index is 0.709. The van der Waals surface area contributed by atoms with Crippen molar-refractivity contribution in [2.24, 2.45) is 0 Å². The smallest absolute Gasteiger partial charge is 0.141 e. The van der Waals surface area contributed by atoms with Gasteiger partial charge in [-0.05, 0) is 31.5 Å². The van der Waals surface area contributed by atoms with Crippen LogP contribution in [0.5, 0.6) is 5.75 Å². The lowest BCUT2D eigenvalue weighted by Crippen LogP contribution is -2.02. The molecule has 0 aliphatic carbocycles. The third-order valence-electron chi connectivity index (χ3n) is 2.58. The number of hydrogen-bond acceptors (Lipinski definition) is 3. The van der Waals surface area contributed by atoms with E-state index in [4.69, 9.17) is 4.74 Å². The highest BCUT2D eigenvalue weighted by molar-refractivity contribution is 5.58. The second-order valence-electron chi connectivity index (χ2n) is 4.05. The molecule has 2 rings (SSSR count). The van der Waals surface area contributed by atoms with Crippen LogP contribution in [0.1, 0.15) is 17.1 Å². The summed E-state index contributed by atoms with van der Waals surface area (Å²) in [6, 6.07) is 6.07. The number of hydrogen-bond donors (Lipinski definition) is 2. The van der Waals surface area contributed by atoms with Gasteiger partial charge in [-0.15, -0.1) is 0 Å². The highest BCUT2D eigenvalue weighted by Crippen LogP contribution is 2.25. The van der Waals surface area contributed by atoms with Gasteiger partial charge in [0, 0.05) is 0 Å². The summed E-state index contributed by atoms with van der Waals surface area (Å²) in [5.41, 5.74) is 3.26. The fraction of sp³-hybridized carbons (Fsp3) is 0.308. The van der Waals surface area contributed by atoms with E-state index in [9.17, 15) is 0 Å².